The molecule has 0 unspecified atom stereocenters. The molecule has 0 aromatic heterocycles. The summed E-state index contributed by atoms with van der Waals surface area (Å²) in [5, 5.41) is 0. The first-order valence-corrected chi connectivity index (χ1v) is 8.48. The van der Waals surface area contributed by atoms with Crippen LogP contribution in [0.25, 0.3) is 5.57 Å². The van der Waals surface area contributed by atoms with Crippen LogP contribution in [0.3, 0.4) is 0 Å². The third-order valence-corrected chi connectivity index (χ3v) is 4.14. The van der Waals surface area contributed by atoms with E-state index >= 15 is 0 Å². The van der Waals surface area contributed by atoms with E-state index in [0.29, 0.717) is 0 Å². The SMILES string of the molecule is CC(C)=C1C(c2ccc(F)cc2)=NC(C(C)(C)C)=Nc2ccccc21. The van der Waals surface area contributed by atoms with Crippen molar-refractivity contribution < 1.29 is 4.39 Å². The number of aliphatic imine (C=N–C) groups is 2. The summed E-state index contributed by atoms with van der Waals surface area (Å²) in [6, 6.07) is 14.6. The molecule has 2 aromatic rings. The highest BCUT2D eigenvalue weighted by atomic mass is 19.1. The largest absolute Gasteiger partial charge is 0.232 e. The van der Waals surface area contributed by atoms with Gasteiger partial charge in [0.25, 0.3) is 0 Å². The lowest BCUT2D eigenvalue weighted by Crippen LogP contribution is -2.20. The van der Waals surface area contributed by atoms with E-state index in [-0.39, 0.29) is 11.2 Å². The number of amidine groups is 1. The number of halogens is 1. The molecule has 1 heterocycles. The van der Waals surface area contributed by atoms with Crippen molar-refractivity contribution in [3.8, 4) is 0 Å². The van der Waals surface area contributed by atoms with Crippen LogP contribution in [0, 0.1) is 11.2 Å². The van der Waals surface area contributed by atoms with Crippen molar-refractivity contribution in [2.24, 2.45) is 15.4 Å². The van der Waals surface area contributed by atoms with Crippen LogP contribution in [-0.2, 0) is 0 Å². The normalized spacial score (nSPS) is 14.4. The van der Waals surface area contributed by atoms with Crippen molar-refractivity contribution in [3.05, 3.63) is 71.0 Å². The van der Waals surface area contributed by atoms with Gasteiger partial charge in [-0.1, -0.05) is 44.5 Å². The van der Waals surface area contributed by atoms with Gasteiger partial charge in [-0.15, -0.1) is 0 Å². The van der Waals surface area contributed by atoms with Gasteiger partial charge in [-0.3, -0.25) is 0 Å². The van der Waals surface area contributed by atoms with Crippen LogP contribution in [0.5, 0.6) is 0 Å². The Morgan fingerprint density at radius 1 is 0.880 bits per heavy atom. The molecular weight excluding hydrogens is 311 g/mol. The Kier molecular flexibility index (Phi) is 4.42. The van der Waals surface area contributed by atoms with Crippen LogP contribution in [0.1, 0.15) is 45.7 Å². The molecule has 1 aliphatic heterocycles. The highest BCUT2D eigenvalue weighted by molar-refractivity contribution is 6.36. The standard InChI is InChI=1S/C22H23FN2/c1-14(2)19-17-8-6-7-9-18(17)24-21(22(3,4)5)25-20(19)15-10-12-16(23)13-11-15/h6-13H,1-5H3. The Bertz CT molecular complexity index is 890. The van der Waals surface area contributed by atoms with Gasteiger partial charge in [0, 0.05) is 22.1 Å². The number of hydrogen-bond acceptors (Lipinski definition) is 2. The van der Waals surface area contributed by atoms with E-state index in [0.717, 1.165) is 39.5 Å². The van der Waals surface area contributed by atoms with E-state index in [1.807, 2.05) is 18.2 Å². The summed E-state index contributed by atoms with van der Waals surface area (Å²) in [5.41, 5.74) is 5.74. The van der Waals surface area contributed by atoms with Crippen molar-refractivity contribution in [3.63, 3.8) is 0 Å². The molecule has 0 aliphatic carbocycles. The maximum absolute atomic E-state index is 13.4. The van der Waals surface area contributed by atoms with E-state index in [1.165, 1.54) is 12.1 Å². The maximum atomic E-state index is 13.4. The predicted octanol–water partition coefficient (Wildman–Crippen LogP) is 6.20. The molecule has 0 saturated heterocycles. The zero-order chi connectivity index (χ0) is 18.2. The second-order valence-electron chi connectivity index (χ2n) is 7.54. The molecule has 3 heteroatoms. The van der Waals surface area contributed by atoms with Gasteiger partial charge in [-0.05, 0) is 44.2 Å². The number of para-hydroxylation sites is 1. The fourth-order valence-electron chi connectivity index (χ4n) is 2.87. The van der Waals surface area contributed by atoms with Gasteiger partial charge in [-0.2, -0.15) is 0 Å². The zero-order valence-corrected chi connectivity index (χ0v) is 15.4. The van der Waals surface area contributed by atoms with Gasteiger partial charge in [0.1, 0.15) is 11.7 Å². The first-order valence-electron chi connectivity index (χ1n) is 8.48. The molecule has 0 amide bonds. The molecule has 1 aliphatic rings. The second-order valence-corrected chi connectivity index (χ2v) is 7.54. The third kappa shape index (κ3) is 3.46. The molecule has 0 fully saturated rings. The lowest BCUT2D eigenvalue weighted by atomic mass is 9.91. The number of rotatable bonds is 1. The Balaban J connectivity index is 2.34. The fraction of sp³-hybridized carbons (Fsp3) is 0.273. The highest BCUT2D eigenvalue weighted by Gasteiger charge is 2.26. The van der Waals surface area contributed by atoms with Crippen LogP contribution in [0.4, 0.5) is 10.1 Å². The highest BCUT2D eigenvalue weighted by Crippen LogP contribution is 2.36. The summed E-state index contributed by atoms with van der Waals surface area (Å²) in [6.45, 7) is 10.5. The van der Waals surface area contributed by atoms with Gasteiger partial charge in [0.2, 0.25) is 0 Å². The molecule has 2 nitrogen and oxygen atoms in total. The average molecular weight is 334 g/mol. The van der Waals surface area contributed by atoms with Gasteiger partial charge < -0.3 is 0 Å². The number of benzene rings is 2. The van der Waals surface area contributed by atoms with Gasteiger partial charge in [-0.25, -0.2) is 14.4 Å². The minimum atomic E-state index is -0.248. The molecular formula is C22H23FN2. The van der Waals surface area contributed by atoms with Crippen molar-refractivity contribution in [1.29, 1.82) is 0 Å². The summed E-state index contributed by atoms with van der Waals surface area (Å²) in [5.74, 6) is 0.525. The monoisotopic (exact) mass is 334 g/mol. The van der Waals surface area contributed by atoms with Crippen molar-refractivity contribution in [1.82, 2.24) is 0 Å². The van der Waals surface area contributed by atoms with Gasteiger partial charge >= 0.3 is 0 Å². The Morgan fingerprint density at radius 2 is 1.52 bits per heavy atom. The van der Waals surface area contributed by atoms with Gasteiger partial charge in [0.15, 0.2) is 0 Å². The number of fused-ring (bicyclic) bond motifs is 1. The molecule has 3 rings (SSSR count). The van der Waals surface area contributed by atoms with Crippen molar-refractivity contribution in [2.45, 2.75) is 34.6 Å². The summed E-state index contributed by atoms with van der Waals surface area (Å²) in [4.78, 5) is 9.81. The first-order chi connectivity index (χ1) is 11.8. The van der Waals surface area contributed by atoms with E-state index in [9.17, 15) is 4.39 Å². The number of hydrogen-bond donors (Lipinski definition) is 0. The van der Waals surface area contributed by atoms with Crippen LogP contribution in [0.2, 0.25) is 0 Å². The van der Waals surface area contributed by atoms with E-state index in [2.05, 4.69) is 40.7 Å². The zero-order valence-electron chi connectivity index (χ0n) is 15.4. The molecule has 25 heavy (non-hydrogen) atoms. The quantitative estimate of drug-likeness (QED) is 0.593. The second kappa shape index (κ2) is 6.40. The molecule has 0 bridgehead atoms. The molecule has 128 valence electrons. The molecule has 0 saturated carbocycles. The number of allylic oxidation sites excluding steroid dienone is 2. The summed E-state index contributed by atoms with van der Waals surface area (Å²) >= 11 is 0. The van der Waals surface area contributed by atoms with E-state index in [4.69, 9.17) is 9.98 Å². The van der Waals surface area contributed by atoms with Gasteiger partial charge in [0.05, 0.1) is 11.4 Å². The molecule has 0 N–H and O–H groups in total. The summed E-state index contributed by atoms with van der Waals surface area (Å²) in [7, 11) is 0. The topological polar surface area (TPSA) is 24.7 Å². The average Bonchev–Trinajstić information content (AvgIpc) is 2.72. The maximum Gasteiger partial charge on any atom is 0.135 e. The van der Waals surface area contributed by atoms with Crippen LogP contribution in [0.15, 0.2) is 64.1 Å². The van der Waals surface area contributed by atoms with Crippen molar-refractivity contribution in [2.75, 3.05) is 0 Å². The van der Waals surface area contributed by atoms with Crippen LogP contribution >= 0.6 is 0 Å². The predicted molar refractivity (Wildman–Crippen MR) is 104 cm³/mol. The smallest absolute Gasteiger partial charge is 0.135 e. The van der Waals surface area contributed by atoms with E-state index in [1.54, 1.807) is 12.1 Å². The Labute approximate surface area is 148 Å². The Morgan fingerprint density at radius 3 is 2.12 bits per heavy atom. The summed E-state index contributed by atoms with van der Waals surface area (Å²) in [6.07, 6.45) is 0. The fourth-order valence-corrected chi connectivity index (χ4v) is 2.87. The lowest BCUT2D eigenvalue weighted by molar-refractivity contribution is 0.585. The third-order valence-electron chi connectivity index (χ3n) is 4.14. The first kappa shape index (κ1) is 17.3. The molecule has 0 radical (unpaired) electrons. The minimum Gasteiger partial charge on any atom is -0.232 e. The van der Waals surface area contributed by atoms with Crippen LogP contribution < -0.4 is 0 Å². The van der Waals surface area contributed by atoms with Crippen LogP contribution in [-0.4, -0.2) is 11.5 Å². The minimum absolute atomic E-state index is 0.199. The number of nitrogens with zero attached hydrogens (tertiary/aromatic N) is 2. The van der Waals surface area contributed by atoms with Crippen molar-refractivity contribution >= 4 is 22.8 Å². The molecule has 2 aromatic carbocycles. The van der Waals surface area contributed by atoms with E-state index < -0.39 is 0 Å². The lowest BCUT2D eigenvalue weighted by Gasteiger charge is -2.18. The molecule has 0 atom stereocenters. The summed E-state index contributed by atoms with van der Waals surface area (Å²) < 4.78 is 13.4. The molecule has 0 spiro atoms. The Hall–Kier alpha value is -2.55.